The first kappa shape index (κ1) is 15.6. The molecule has 2 atom stereocenters. The van der Waals surface area contributed by atoms with Gasteiger partial charge in [0.1, 0.15) is 0 Å². The molecule has 4 nitrogen and oxygen atoms in total. The molecule has 0 aliphatic heterocycles. The average Bonchev–Trinajstić information content (AvgIpc) is 3.10. The van der Waals surface area contributed by atoms with E-state index in [-0.39, 0.29) is 5.25 Å². The van der Waals surface area contributed by atoms with Crippen LogP contribution in [0.5, 0.6) is 0 Å². The lowest BCUT2D eigenvalue weighted by Crippen LogP contribution is -2.10. The van der Waals surface area contributed by atoms with Gasteiger partial charge in [-0.05, 0) is 43.7 Å². The van der Waals surface area contributed by atoms with Gasteiger partial charge in [0.25, 0.3) is 0 Å². The fraction of sp³-hybridized carbons (Fsp3) is 0.562. The quantitative estimate of drug-likeness (QED) is 0.792. The fourth-order valence-corrected chi connectivity index (χ4v) is 4.80. The van der Waals surface area contributed by atoms with Gasteiger partial charge in [0.05, 0.1) is 16.2 Å². The minimum absolute atomic E-state index is 0.113. The van der Waals surface area contributed by atoms with Crippen molar-refractivity contribution in [3.63, 3.8) is 0 Å². The van der Waals surface area contributed by atoms with Crippen LogP contribution in [0.2, 0.25) is 0 Å². The Labute approximate surface area is 139 Å². The monoisotopic (exact) mass is 332 g/mol. The highest BCUT2D eigenvalue weighted by Crippen LogP contribution is 2.38. The van der Waals surface area contributed by atoms with E-state index in [0.29, 0.717) is 0 Å². The minimum Gasteiger partial charge on any atom is -0.304 e. The Kier molecular flexibility index (Phi) is 4.55. The molecular formula is C16H20N4S2. The van der Waals surface area contributed by atoms with Crippen LogP contribution in [0.4, 0.5) is 0 Å². The lowest BCUT2D eigenvalue weighted by Gasteiger charge is -2.19. The Balaban J connectivity index is 1.87. The zero-order valence-corrected chi connectivity index (χ0v) is 14.8. The molecule has 0 bridgehead atoms. The number of aryl methyl sites for hydroxylation is 1. The number of thioether (sulfide) groups is 1. The van der Waals surface area contributed by atoms with Crippen molar-refractivity contribution in [3.05, 3.63) is 16.5 Å². The summed E-state index contributed by atoms with van der Waals surface area (Å²) < 4.78 is 2.01. The van der Waals surface area contributed by atoms with Crippen molar-refractivity contribution in [1.82, 2.24) is 14.8 Å². The minimum atomic E-state index is -0.113. The Morgan fingerprint density at radius 1 is 1.55 bits per heavy atom. The highest BCUT2D eigenvalue weighted by Gasteiger charge is 2.22. The Bertz CT molecular complexity index is 710. The second kappa shape index (κ2) is 6.43. The highest BCUT2D eigenvalue weighted by atomic mass is 32.2. The molecule has 0 N–H and O–H groups in total. The summed E-state index contributed by atoms with van der Waals surface area (Å²) in [7, 11) is 1.98. The summed E-state index contributed by atoms with van der Waals surface area (Å²) in [6.07, 6.45) is 4.97. The molecule has 22 heavy (non-hydrogen) atoms. The number of rotatable bonds is 4. The van der Waals surface area contributed by atoms with Gasteiger partial charge in [-0.15, -0.1) is 21.5 Å². The van der Waals surface area contributed by atoms with E-state index in [1.807, 2.05) is 29.9 Å². The molecular weight excluding hydrogens is 312 g/mol. The lowest BCUT2D eigenvalue weighted by atomic mass is 9.87. The predicted octanol–water partition coefficient (Wildman–Crippen LogP) is 4.06. The van der Waals surface area contributed by atoms with Crippen molar-refractivity contribution >= 4 is 23.1 Å². The molecule has 3 rings (SSSR count). The average molecular weight is 332 g/mol. The third-order valence-corrected chi connectivity index (χ3v) is 6.54. The molecule has 0 aromatic carbocycles. The van der Waals surface area contributed by atoms with Crippen molar-refractivity contribution in [2.24, 2.45) is 13.0 Å². The van der Waals surface area contributed by atoms with Crippen LogP contribution in [0.1, 0.15) is 37.1 Å². The summed E-state index contributed by atoms with van der Waals surface area (Å²) in [5, 5.41) is 18.2. The summed E-state index contributed by atoms with van der Waals surface area (Å²) in [4.78, 5) is 2.72. The number of nitriles is 1. The maximum absolute atomic E-state index is 8.94. The first-order valence-corrected chi connectivity index (χ1v) is 9.39. The zero-order chi connectivity index (χ0) is 15.7. The molecule has 0 saturated carbocycles. The molecule has 6 heteroatoms. The van der Waals surface area contributed by atoms with Crippen molar-refractivity contribution in [2.45, 2.75) is 49.9 Å². The lowest BCUT2D eigenvalue weighted by molar-refractivity contribution is 0.449. The number of fused-ring (bicyclic) bond motifs is 1. The van der Waals surface area contributed by atoms with Gasteiger partial charge in [-0.3, -0.25) is 0 Å². The van der Waals surface area contributed by atoms with Gasteiger partial charge in [-0.25, -0.2) is 0 Å². The van der Waals surface area contributed by atoms with Gasteiger partial charge in [-0.2, -0.15) is 5.26 Å². The molecule has 1 aliphatic rings. The van der Waals surface area contributed by atoms with Crippen LogP contribution in [-0.2, 0) is 19.9 Å². The van der Waals surface area contributed by atoms with Crippen molar-refractivity contribution in [1.29, 1.82) is 5.26 Å². The molecule has 0 saturated heterocycles. The molecule has 0 spiro atoms. The number of aromatic nitrogens is 3. The van der Waals surface area contributed by atoms with Gasteiger partial charge in [0.2, 0.25) is 0 Å². The van der Waals surface area contributed by atoms with Gasteiger partial charge < -0.3 is 4.57 Å². The van der Waals surface area contributed by atoms with Crippen LogP contribution in [-0.4, -0.2) is 20.0 Å². The van der Waals surface area contributed by atoms with Gasteiger partial charge in [-0.1, -0.05) is 25.1 Å². The SMILES string of the molecule is CC[C@@H]1CCc2sc(-c3nnc(S[C@@H](C)C#N)n3C)cc2C1. The van der Waals surface area contributed by atoms with Crippen molar-refractivity contribution in [2.75, 3.05) is 0 Å². The van der Waals surface area contributed by atoms with Crippen LogP contribution in [0.15, 0.2) is 11.2 Å². The zero-order valence-electron chi connectivity index (χ0n) is 13.2. The molecule has 2 aromatic rings. The maximum Gasteiger partial charge on any atom is 0.192 e. The molecule has 0 fully saturated rings. The fourth-order valence-electron chi connectivity index (χ4n) is 2.87. The van der Waals surface area contributed by atoms with E-state index in [9.17, 15) is 0 Å². The van der Waals surface area contributed by atoms with Crippen LogP contribution >= 0.6 is 23.1 Å². The third-order valence-electron chi connectivity index (χ3n) is 4.28. The number of nitrogens with zero attached hydrogens (tertiary/aromatic N) is 4. The molecule has 116 valence electrons. The van der Waals surface area contributed by atoms with Gasteiger partial charge in [0, 0.05) is 11.9 Å². The summed E-state index contributed by atoms with van der Waals surface area (Å²) in [5.74, 6) is 1.75. The normalized spacial score (nSPS) is 18.7. The Morgan fingerprint density at radius 3 is 3.09 bits per heavy atom. The Morgan fingerprint density at radius 2 is 2.36 bits per heavy atom. The number of hydrogen-bond acceptors (Lipinski definition) is 5. The number of thiophene rings is 1. The molecule has 1 aliphatic carbocycles. The second-order valence-electron chi connectivity index (χ2n) is 5.83. The van der Waals surface area contributed by atoms with E-state index in [2.05, 4.69) is 29.3 Å². The summed E-state index contributed by atoms with van der Waals surface area (Å²) in [5.41, 5.74) is 1.50. The van der Waals surface area contributed by atoms with Crippen LogP contribution in [0, 0.1) is 17.2 Å². The maximum atomic E-state index is 8.94. The van der Waals surface area contributed by atoms with Crippen LogP contribution < -0.4 is 0 Å². The van der Waals surface area contributed by atoms with Gasteiger partial charge >= 0.3 is 0 Å². The molecule has 0 amide bonds. The number of hydrogen-bond donors (Lipinski definition) is 0. The summed E-state index contributed by atoms with van der Waals surface area (Å²) >= 11 is 3.31. The molecule has 2 aromatic heterocycles. The van der Waals surface area contributed by atoms with Crippen LogP contribution in [0.3, 0.4) is 0 Å². The molecule has 0 radical (unpaired) electrons. The van der Waals surface area contributed by atoms with Crippen molar-refractivity contribution in [3.8, 4) is 16.8 Å². The first-order valence-electron chi connectivity index (χ1n) is 7.70. The van der Waals surface area contributed by atoms with Gasteiger partial charge in [0.15, 0.2) is 11.0 Å². The van der Waals surface area contributed by atoms with E-state index in [1.165, 1.54) is 52.8 Å². The van der Waals surface area contributed by atoms with Crippen molar-refractivity contribution < 1.29 is 0 Å². The second-order valence-corrected chi connectivity index (χ2v) is 8.28. The summed E-state index contributed by atoms with van der Waals surface area (Å²) in [6, 6.07) is 4.52. The smallest absolute Gasteiger partial charge is 0.192 e. The van der Waals surface area contributed by atoms with E-state index in [4.69, 9.17) is 5.26 Å². The molecule has 2 heterocycles. The van der Waals surface area contributed by atoms with E-state index in [1.54, 1.807) is 0 Å². The standard InChI is InChI=1S/C16H20N4S2/c1-4-11-5-6-13-12(7-11)8-14(22-13)15-18-19-16(20(15)3)21-10(2)9-17/h8,10-11H,4-7H2,1-3H3/t10-,11+/m0/s1. The highest BCUT2D eigenvalue weighted by molar-refractivity contribution is 8.00. The largest absolute Gasteiger partial charge is 0.304 e. The third kappa shape index (κ3) is 2.92. The predicted molar refractivity (Wildman–Crippen MR) is 91.1 cm³/mol. The Hall–Kier alpha value is -1.32. The molecule has 0 unspecified atom stereocenters. The van der Waals surface area contributed by atoms with E-state index < -0.39 is 0 Å². The topological polar surface area (TPSA) is 54.5 Å². The van der Waals surface area contributed by atoms with E-state index in [0.717, 1.165) is 16.9 Å². The first-order chi connectivity index (χ1) is 10.6. The summed E-state index contributed by atoms with van der Waals surface area (Å²) in [6.45, 7) is 4.17. The van der Waals surface area contributed by atoms with E-state index >= 15 is 0 Å². The van der Waals surface area contributed by atoms with Crippen LogP contribution in [0.25, 0.3) is 10.7 Å².